The molecule has 1 aromatic rings. The van der Waals surface area contributed by atoms with Crippen molar-refractivity contribution in [3.8, 4) is 0 Å². The Balaban J connectivity index is 2.87. The van der Waals surface area contributed by atoms with Crippen LogP contribution in [-0.2, 0) is 4.79 Å². The number of nitrogens with zero attached hydrogens (tertiary/aromatic N) is 1. The zero-order valence-electron chi connectivity index (χ0n) is 6.00. The molecule has 0 unspecified atom stereocenters. The molecule has 0 aromatic carbocycles. The van der Waals surface area contributed by atoms with Crippen LogP contribution < -0.4 is 5.32 Å². The molecule has 0 spiro atoms. The number of hydrogen-bond acceptors (Lipinski definition) is 2. The van der Waals surface area contributed by atoms with E-state index in [1.54, 1.807) is 0 Å². The van der Waals surface area contributed by atoms with Gasteiger partial charge in [-0.25, -0.2) is 13.8 Å². The van der Waals surface area contributed by atoms with E-state index in [1.165, 1.54) is 12.3 Å². The minimum atomic E-state index is -2.54. The first-order valence-corrected chi connectivity index (χ1v) is 3.18. The van der Waals surface area contributed by atoms with E-state index in [1.807, 2.05) is 0 Å². The van der Waals surface area contributed by atoms with Crippen LogP contribution >= 0.6 is 0 Å². The number of rotatable bonds is 3. The van der Waals surface area contributed by atoms with Gasteiger partial charge in [-0.2, -0.15) is 0 Å². The molecule has 0 fully saturated rings. The van der Waals surface area contributed by atoms with Gasteiger partial charge in [-0.1, -0.05) is 0 Å². The highest BCUT2D eigenvalue weighted by Crippen LogP contribution is 2.19. The molecular weight excluding hydrogens is 166 g/mol. The van der Waals surface area contributed by atoms with Gasteiger partial charge in [0.25, 0.3) is 6.43 Å². The third kappa shape index (κ3) is 1.98. The predicted octanol–water partition coefficient (Wildman–Crippen LogP) is 1.59. The van der Waals surface area contributed by atoms with Crippen molar-refractivity contribution in [2.75, 3.05) is 5.32 Å². The molecule has 0 aliphatic carbocycles. The van der Waals surface area contributed by atoms with Gasteiger partial charge in [0, 0.05) is 11.8 Å². The first kappa shape index (κ1) is 8.58. The summed E-state index contributed by atoms with van der Waals surface area (Å²) in [7, 11) is 0. The Morgan fingerprint density at radius 1 is 1.58 bits per heavy atom. The molecule has 5 heteroatoms. The highest BCUT2D eigenvalue weighted by Gasteiger charge is 2.06. The van der Waals surface area contributed by atoms with Crippen LogP contribution in [0, 0.1) is 0 Å². The zero-order valence-corrected chi connectivity index (χ0v) is 6.00. The van der Waals surface area contributed by atoms with Gasteiger partial charge in [0.15, 0.2) is 0 Å². The molecular formula is C7H6F2N2O. The Kier molecular flexibility index (Phi) is 2.68. The summed E-state index contributed by atoms with van der Waals surface area (Å²) in [6, 6.07) is 2.32. The van der Waals surface area contributed by atoms with Gasteiger partial charge in [0.05, 0.1) is 0 Å². The van der Waals surface area contributed by atoms with Crippen LogP contribution in [0.25, 0.3) is 0 Å². The number of halogens is 2. The zero-order chi connectivity index (χ0) is 8.97. The van der Waals surface area contributed by atoms with Gasteiger partial charge in [-0.15, -0.1) is 0 Å². The number of pyridine rings is 1. The van der Waals surface area contributed by atoms with E-state index in [0.717, 1.165) is 6.07 Å². The lowest BCUT2D eigenvalue weighted by molar-refractivity contribution is -0.105. The van der Waals surface area contributed by atoms with Crippen molar-refractivity contribution < 1.29 is 13.6 Å². The van der Waals surface area contributed by atoms with E-state index in [-0.39, 0.29) is 11.4 Å². The Morgan fingerprint density at radius 2 is 2.33 bits per heavy atom. The summed E-state index contributed by atoms with van der Waals surface area (Å²) in [6.45, 7) is 0. The van der Waals surface area contributed by atoms with Crippen LogP contribution in [0.1, 0.15) is 12.0 Å². The number of aromatic nitrogens is 1. The van der Waals surface area contributed by atoms with E-state index in [9.17, 15) is 13.6 Å². The molecule has 64 valence electrons. The van der Waals surface area contributed by atoms with Gasteiger partial charge >= 0.3 is 0 Å². The SMILES string of the molecule is O=CNc1cc(C(F)F)ccn1. The molecule has 1 aromatic heterocycles. The monoisotopic (exact) mass is 172 g/mol. The maximum absolute atomic E-state index is 12.0. The number of carbonyl (C=O) groups excluding carboxylic acids is 1. The molecule has 0 atom stereocenters. The van der Waals surface area contributed by atoms with Crippen LogP contribution in [0.15, 0.2) is 18.3 Å². The van der Waals surface area contributed by atoms with Crippen LogP contribution in [0.5, 0.6) is 0 Å². The van der Waals surface area contributed by atoms with E-state index >= 15 is 0 Å². The summed E-state index contributed by atoms with van der Waals surface area (Å²) >= 11 is 0. The normalized spacial score (nSPS) is 9.92. The molecule has 0 saturated carbocycles. The van der Waals surface area contributed by atoms with Crippen LogP contribution in [0.3, 0.4) is 0 Å². The molecule has 0 bridgehead atoms. The third-order valence-electron chi connectivity index (χ3n) is 1.24. The minimum Gasteiger partial charge on any atom is -0.313 e. The summed E-state index contributed by atoms with van der Waals surface area (Å²) in [5.41, 5.74) is -0.158. The Morgan fingerprint density at radius 3 is 2.92 bits per heavy atom. The second-order valence-corrected chi connectivity index (χ2v) is 2.04. The van der Waals surface area contributed by atoms with Crippen molar-refractivity contribution >= 4 is 12.2 Å². The number of nitrogens with one attached hydrogen (secondary N) is 1. The summed E-state index contributed by atoms with van der Waals surface area (Å²) in [5.74, 6) is 0.128. The summed E-state index contributed by atoms with van der Waals surface area (Å²) in [5, 5.41) is 2.18. The Labute approximate surface area is 67.4 Å². The highest BCUT2D eigenvalue weighted by atomic mass is 19.3. The standard InChI is InChI=1S/C7H6F2N2O/c8-7(9)5-1-2-10-6(3-5)11-4-12/h1-4,7H,(H,10,11,12). The second kappa shape index (κ2) is 3.75. The molecule has 0 aliphatic heterocycles. The molecule has 0 radical (unpaired) electrons. The fourth-order valence-corrected chi connectivity index (χ4v) is 0.722. The molecule has 1 amide bonds. The van der Waals surface area contributed by atoms with E-state index in [2.05, 4.69) is 10.3 Å². The number of carbonyl (C=O) groups is 1. The number of hydrogen-bond donors (Lipinski definition) is 1. The van der Waals surface area contributed by atoms with Gasteiger partial charge in [-0.3, -0.25) is 4.79 Å². The molecule has 3 nitrogen and oxygen atoms in total. The quantitative estimate of drug-likeness (QED) is 0.703. The van der Waals surface area contributed by atoms with Crippen molar-refractivity contribution in [2.45, 2.75) is 6.43 Å². The smallest absolute Gasteiger partial charge is 0.264 e. The number of anilines is 1. The molecule has 1 heterocycles. The molecule has 0 saturated heterocycles. The topological polar surface area (TPSA) is 42.0 Å². The van der Waals surface area contributed by atoms with Gasteiger partial charge < -0.3 is 5.32 Å². The largest absolute Gasteiger partial charge is 0.313 e. The van der Waals surface area contributed by atoms with Gasteiger partial charge in [0.1, 0.15) is 5.82 Å². The summed E-state index contributed by atoms with van der Waals surface area (Å²) in [4.78, 5) is 13.6. The maximum Gasteiger partial charge on any atom is 0.264 e. The van der Waals surface area contributed by atoms with Crippen LogP contribution in [0.2, 0.25) is 0 Å². The lowest BCUT2D eigenvalue weighted by atomic mass is 10.3. The van der Waals surface area contributed by atoms with Crippen LogP contribution in [-0.4, -0.2) is 11.4 Å². The molecule has 1 rings (SSSR count). The number of amides is 1. The molecule has 1 N–H and O–H groups in total. The van der Waals surface area contributed by atoms with E-state index in [4.69, 9.17) is 0 Å². The first-order chi connectivity index (χ1) is 5.74. The fraction of sp³-hybridized carbons (Fsp3) is 0.143. The minimum absolute atomic E-state index is 0.128. The third-order valence-corrected chi connectivity index (χ3v) is 1.24. The van der Waals surface area contributed by atoms with Crippen molar-refractivity contribution in [3.63, 3.8) is 0 Å². The summed E-state index contributed by atoms with van der Waals surface area (Å²) in [6.07, 6.45) is -0.939. The van der Waals surface area contributed by atoms with Crippen molar-refractivity contribution in [3.05, 3.63) is 23.9 Å². The summed E-state index contributed by atoms with van der Waals surface area (Å²) < 4.78 is 24.1. The molecule has 12 heavy (non-hydrogen) atoms. The fourth-order valence-electron chi connectivity index (χ4n) is 0.722. The lowest BCUT2D eigenvalue weighted by Crippen LogP contribution is -1.97. The van der Waals surface area contributed by atoms with Crippen LogP contribution in [0.4, 0.5) is 14.6 Å². The Bertz CT molecular complexity index is 278. The maximum atomic E-state index is 12.0. The average Bonchev–Trinajstić information content (AvgIpc) is 2.05. The molecule has 0 aliphatic rings. The first-order valence-electron chi connectivity index (χ1n) is 3.18. The van der Waals surface area contributed by atoms with Crippen molar-refractivity contribution in [1.29, 1.82) is 0 Å². The van der Waals surface area contributed by atoms with E-state index in [0.29, 0.717) is 6.41 Å². The van der Waals surface area contributed by atoms with Crippen molar-refractivity contribution in [2.24, 2.45) is 0 Å². The average molecular weight is 172 g/mol. The van der Waals surface area contributed by atoms with Crippen molar-refractivity contribution in [1.82, 2.24) is 4.98 Å². The number of alkyl halides is 2. The highest BCUT2D eigenvalue weighted by molar-refractivity contribution is 5.68. The second-order valence-electron chi connectivity index (χ2n) is 2.04. The lowest BCUT2D eigenvalue weighted by Gasteiger charge is -2.00. The van der Waals surface area contributed by atoms with Gasteiger partial charge in [-0.05, 0) is 12.1 Å². The Hall–Kier alpha value is -1.52. The van der Waals surface area contributed by atoms with Gasteiger partial charge in [0.2, 0.25) is 6.41 Å². The van der Waals surface area contributed by atoms with E-state index < -0.39 is 6.43 Å². The predicted molar refractivity (Wildman–Crippen MR) is 38.9 cm³/mol.